The van der Waals surface area contributed by atoms with E-state index >= 15 is 0 Å². The number of anilines is 2. The van der Waals surface area contributed by atoms with Crippen LogP contribution in [0.1, 0.15) is 35.6 Å². The molecule has 166 valence electrons. The molecule has 1 amide bonds. The summed E-state index contributed by atoms with van der Waals surface area (Å²) in [5, 5.41) is 4.18. The van der Waals surface area contributed by atoms with E-state index in [1.54, 1.807) is 0 Å². The molecular weight excluding hydrogens is 406 g/mol. The van der Waals surface area contributed by atoms with Crippen LogP contribution >= 0.6 is 0 Å². The van der Waals surface area contributed by atoms with Gasteiger partial charge < -0.3 is 10.2 Å². The molecule has 0 bridgehead atoms. The molecule has 0 radical (unpaired) electrons. The van der Waals surface area contributed by atoms with Crippen molar-refractivity contribution in [2.75, 3.05) is 23.3 Å². The highest BCUT2D eigenvalue weighted by Gasteiger charge is 2.25. The first-order valence-corrected chi connectivity index (χ1v) is 11.7. The Balaban J connectivity index is 1.35. The summed E-state index contributed by atoms with van der Waals surface area (Å²) in [6.45, 7) is 4.06. The molecule has 4 nitrogen and oxygen atoms in total. The number of rotatable bonds is 6. The van der Waals surface area contributed by atoms with Crippen LogP contribution in [-0.2, 0) is 11.2 Å². The second-order valence-electron chi connectivity index (χ2n) is 8.89. The summed E-state index contributed by atoms with van der Waals surface area (Å²) in [6, 6.07) is 29.1. The molecule has 33 heavy (non-hydrogen) atoms. The van der Waals surface area contributed by atoms with Crippen LogP contribution in [0, 0.1) is 6.92 Å². The van der Waals surface area contributed by atoms with Gasteiger partial charge in [-0.2, -0.15) is 0 Å². The van der Waals surface area contributed by atoms with Crippen LogP contribution in [-0.4, -0.2) is 24.0 Å². The lowest BCUT2D eigenvalue weighted by atomic mass is 9.99. The molecule has 1 aromatic heterocycles. The summed E-state index contributed by atoms with van der Waals surface area (Å²) in [5.74, 6) is 0.570. The second-order valence-corrected chi connectivity index (χ2v) is 8.89. The fourth-order valence-electron chi connectivity index (χ4n) is 4.78. The average molecular weight is 436 g/mol. The highest BCUT2D eigenvalue weighted by atomic mass is 16.1. The number of amides is 1. The highest BCUT2D eigenvalue weighted by molar-refractivity contribution is 5.98. The quantitative estimate of drug-likeness (QED) is 0.397. The second kappa shape index (κ2) is 9.45. The normalized spacial score (nSPS) is 15.7. The van der Waals surface area contributed by atoms with Crippen molar-refractivity contribution >= 4 is 28.2 Å². The van der Waals surface area contributed by atoms with Crippen LogP contribution in [0.25, 0.3) is 10.9 Å². The van der Waals surface area contributed by atoms with Crippen molar-refractivity contribution < 1.29 is 4.79 Å². The van der Waals surface area contributed by atoms with Crippen molar-refractivity contribution in [3.8, 4) is 0 Å². The average Bonchev–Trinajstić information content (AvgIpc) is 3.34. The highest BCUT2D eigenvalue weighted by Crippen LogP contribution is 2.35. The fourth-order valence-corrected chi connectivity index (χ4v) is 4.78. The number of aryl methyl sites for hydroxylation is 2. The predicted molar refractivity (Wildman–Crippen MR) is 136 cm³/mol. The van der Waals surface area contributed by atoms with Gasteiger partial charge in [0.25, 0.3) is 0 Å². The number of pyridine rings is 1. The first-order valence-electron chi connectivity index (χ1n) is 11.7. The SMILES string of the molecule is Cc1cc(N2CCC(c3ccccc3)C2)c2cc(NC(=O)CCc3ccccc3)ccc2n1. The maximum atomic E-state index is 12.6. The lowest BCUT2D eigenvalue weighted by Crippen LogP contribution is -2.20. The standard InChI is InChI=1S/C29H29N3O/c1-21-18-28(32-17-16-24(20-32)23-10-6-3-7-11-23)26-19-25(13-14-27(26)30-21)31-29(33)15-12-22-8-4-2-5-9-22/h2-11,13-14,18-19,24H,12,15-17,20H2,1H3,(H,31,33). The van der Waals surface area contributed by atoms with Crippen molar-refractivity contribution in [2.45, 2.75) is 32.1 Å². The Kier molecular flexibility index (Phi) is 6.07. The minimum atomic E-state index is 0.0325. The lowest BCUT2D eigenvalue weighted by Gasteiger charge is -2.22. The molecule has 1 saturated heterocycles. The first-order chi connectivity index (χ1) is 16.2. The number of nitrogens with one attached hydrogen (secondary N) is 1. The maximum absolute atomic E-state index is 12.6. The first kappa shape index (κ1) is 21.2. The summed E-state index contributed by atoms with van der Waals surface area (Å²) < 4.78 is 0. The third-order valence-electron chi connectivity index (χ3n) is 6.48. The number of hydrogen-bond acceptors (Lipinski definition) is 3. The molecule has 4 aromatic rings. The zero-order valence-electron chi connectivity index (χ0n) is 19.0. The van der Waals surface area contributed by atoms with Gasteiger partial charge in [-0.1, -0.05) is 60.7 Å². The van der Waals surface area contributed by atoms with Gasteiger partial charge >= 0.3 is 0 Å². The molecule has 1 aliphatic heterocycles. The maximum Gasteiger partial charge on any atom is 0.224 e. The lowest BCUT2D eigenvalue weighted by molar-refractivity contribution is -0.116. The van der Waals surface area contributed by atoms with E-state index in [9.17, 15) is 4.79 Å². The van der Waals surface area contributed by atoms with Crippen LogP contribution in [0.15, 0.2) is 84.9 Å². The van der Waals surface area contributed by atoms with Crippen LogP contribution in [0.5, 0.6) is 0 Å². The Bertz CT molecular complexity index is 1250. The van der Waals surface area contributed by atoms with Gasteiger partial charge in [0.2, 0.25) is 5.91 Å². The molecule has 1 fully saturated rings. The molecule has 2 heterocycles. The van der Waals surface area contributed by atoms with Gasteiger partial charge in [0, 0.05) is 47.9 Å². The largest absolute Gasteiger partial charge is 0.370 e. The molecule has 1 unspecified atom stereocenters. The number of carbonyl (C=O) groups is 1. The van der Waals surface area contributed by atoms with E-state index in [1.807, 2.05) is 37.3 Å². The number of fused-ring (bicyclic) bond motifs is 1. The van der Waals surface area contributed by atoms with Gasteiger partial charge in [0.1, 0.15) is 0 Å². The Morgan fingerprint density at radius 1 is 1.00 bits per heavy atom. The zero-order chi connectivity index (χ0) is 22.6. The molecular formula is C29H29N3O. The van der Waals surface area contributed by atoms with Crippen LogP contribution in [0.2, 0.25) is 0 Å². The Hall–Kier alpha value is -3.66. The van der Waals surface area contributed by atoms with E-state index in [2.05, 4.69) is 64.8 Å². The van der Waals surface area contributed by atoms with Gasteiger partial charge in [-0.25, -0.2) is 0 Å². The van der Waals surface area contributed by atoms with Crippen molar-refractivity contribution in [1.29, 1.82) is 0 Å². The van der Waals surface area contributed by atoms with E-state index in [-0.39, 0.29) is 5.91 Å². The number of nitrogens with zero attached hydrogens (tertiary/aromatic N) is 2. The van der Waals surface area contributed by atoms with E-state index in [4.69, 9.17) is 4.98 Å². The van der Waals surface area contributed by atoms with Gasteiger partial charge in [-0.3, -0.25) is 9.78 Å². The molecule has 1 N–H and O–H groups in total. The summed E-state index contributed by atoms with van der Waals surface area (Å²) in [5.41, 5.74) is 6.59. The molecule has 1 atom stereocenters. The molecule has 0 aliphatic carbocycles. The van der Waals surface area contributed by atoms with E-state index in [0.717, 1.165) is 48.2 Å². The minimum Gasteiger partial charge on any atom is -0.370 e. The summed E-state index contributed by atoms with van der Waals surface area (Å²) in [7, 11) is 0. The number of carbonyl (C=O) groups excluding carboxylic acids is 1. The van der Waals surface area contributed by atoms with Gasteiger partial charge in [0.05, 0.1) is 5.52 Å². The summed E-state index contributed by atoms with van der Waals surface area (Å²) in [4.78, 5) is 19.8. The van der Waals surface area contributed by atoms with E-state index < -0.39 is 0 Å². The van der Waals surface area contributed by atoms with E-state index in [0.29, 0.717) is 12.3 Å². The Morgan fingerprint density at radius 2 is 1.76 bits per heavy atom. The molecule has 3 aromatic carbocycles. The summed E-state index contributed by atoms with van der Waals surface area (Å²) >= 11 is 0. The third-order valence-corrected chi connectivity index (χ3v) is 6.48. The van der Waals surface area contributed by atoms with Crippen LogP contribution < -0.4 is 10.2 Å². The molecule has 0 saturated carbocycles. The van der Waals surface area contributed by atoms with Crippen LogP contribution in [0.3, 0.4) is 0 Å². The molecule has 1 aliphatic rings. The third kappa shape index (κ3) is 4.90. The molecule has 5 rings (SSSR count). The van der Waals surface area contributed by atoms with E-state index in [1.165, 1.54) is 16.8 Å². The van der Waals surface area contributed by atoms with Crippen molar-refractivity contribution in [3.05, 3.63) is 102 Å². The Morgan fingerprint density at radius 3 is 2.55 bits per heavy atom. The molecule has 4 heteroatoms. The van der Waals surface area contributed by atoms with Gasteiger partial charge in [0.15, 0.2) is 0 Å². The minimum absolute atomic E-state index is 0.0325. The number of aromatic nitrogens is 1. The Labute approximate surface area is 195 Å². The van der Waals surface area contributed by atoms with Crippen molar-refractivity contribution in [3.63, 3.8) is 0 Å². The number of benzene rings is 3. The predicted octanol–water partition coefficient (Wildman–Crippen LogP) is 6.11. The smallest absolute Gasteiger partial charge is 0.224 e. The monoisotopic (exact) mass is 435 g/mol. The van der Waals surface area contributed by atoms with Crippen LogP contribution in [0.4, 0.5) is 11.4 Å². The zero-order valence-corrected chi connectivity index (χ0v) is 19.0. The van der Waals surface area contributed by atoms with Gasteiger partial charge in [-0.05, 0) is 55.2 Å². The topological polar surface area (TPSA) is 45.2 Å². The fraction of sp³-hybridized carbons (Fsp3) is 0.241. The molecule has 0 spiro atoms. The van der Waals surface area contributed by atoms with Gasteiger partial charge in [-0.15, -0.1) is 0 Å². The van der Waals surface area contributed by atoms with Crippen molar-refractivity contribution in [1.82, 2.24) is 4.98 Å². The number of hydrogen-bond donors (Lipinski definition) is 1. The summed E-state index contributed by atoms with van der Waals surface area (Å²) in [6.07, 6.45) is 2.34. The van der Waals surface area contributed by atoms with Crippen molar-refractivity contribution in [2.24, 2.45) is 0 Å².